The minimum atomic E-state index is -0.620. The molecule has 0 saturated carbocycles. The first kappa shape index (κ1) is 24.8. The molecule has 0 aliphatic carbocycles. The van der Waals surface area contributed by atoms with Crippen LogP contribution in [0.5, 0.6) is 0 Å². The molecule has 1 fully saturated rings. The van der Waals surface area contributed by atoms with Gasteiger partial charge in [0, 0.05) is 24.3 Å². The lowest BCUT2D eigenvalue weighted by atomic mass is 9.96. The minimum absolute atomic E-state index is 0.128. The van der Waals surface area contributed by atoms with Crippen molar-refractivity contribution in [3.63, 3.8) is 0 Å². The number of aryl methyl sites for hydroxylation is 2. The van der Waals surface area contributed by atoms with E-state index < -0.39 is 6.04 Å². The van der Waals surface area contributed by atoms with Gasteiger partial charge in [0.2, 0.25) is 11.8 Å². The number of nitrogens with one attached hydrogen (secondary N) is 2. The molecule has 1 aliphatic heterocycles. The Kier molecular flexibility index (Phi) is 8.88. The van der Waals surface area contributed by atoms with Crippen LogP contribution in [0, 0.1) is 19.8 Å². The average Bonchev–Trinajstić information content (AvgIpc) is 2.81. The van der Waals surface area contributed by atoms with Crippen molar-refractivity contribution in [1.29, 1.82) is 0 Å². The maximum atomic E-state index is 13.4. The molecule has 0 spiro atoms. The van der Waals surface area contributed by atoms with Gasteiger partial charge >= 0.3 is 0 Å². The van der Waals surface area contributed by atoms with Gasteiger partial charge in [-0.05, 0) is 69.4 Å². The van der Waals surface area contributed by atoms with Crippen LogP contribution in [-0.2, 0) is 9.59 Å². The van der Waals surface area contributed by atoms with E-state index in [1.807, 2.05) is 50.4 Å². The van der Waals surface area contributed by atoms with Crippen LogP contribution in [0.4, 0.5) is 5.82 Å². The molecule has 2 N–H and O–H groups in total. The van der Waals surface area contributed by atoms with Crippen molar-refractivity contribution < 1.29 is 14.4 Å². The maximum Gasteiger partial charge on any atom is 0.251 e. The summed E-state index contributed by atoms with van der Waals surface area (Å²) in [7, 11) is 0. The van der Waals surface area contributed by atoms with Gasteiger partial charge in [-0.25, -0.2) is 4.98 Å². The number of thioether (sulfide) groups is 1. The molecule has 2 heterocycles. The summed E-state index contributed by atoms with van der Waals surface area (Å²) in [6, 6.07) is 12.2. The Bertz CT molecular complexity index is 997. The van der Waals surface area contributed by atoms with Gasteiger partial charge in [-0.2, -0.15) is 11.8 Å². The van der Waals surface area contributed by atoms with Crippen molar-refractivity contribution in [2.45, 2.75) is 39.2 Å². The maximum absolute atomic E-state index is 13.4. The zero-order valence-corrected chi connectivity index (χ0v) is 20.3. The summed E-state index contributed by atoms with van der Waals surface area (Å²) in [6.07, 6.45) is 3.97. The lowest BCUT2D eigenvalue weighted by Crippen LogP contribution is -2.52. The summed E-state index contributed by atoms with van der Waals surface area (Å²) >= 11 is 1.63. The van der Waals surface area contributed by atoms with Gasteiger partial charge in [-0.3, -0.25) is 14.4 Å². The zero-order valence-electron chi connectivity index (χ0n) is 19.5. The van der Waals surface area contributed by atoms with E-state index in [0.717, 1.165) is 23.4 Å². The lowest BCUT2D eigenvalue weighted by Gasteiger charge is -2.34. The molecule has 2 unspecified atom stereocenters. The Hall–Kier alpha value is -2.87. The number of rotatable bonds is 8. The van der Waals surface area contributed by atoms with Crippen LogP contribution in [0.2, 0.25) is 0 Å². The molecule has 0 radical (unpaired) electrons. The number of anilines is 1. The van der Waals surface area contributed by atoms with E-state index in [1.165, 1.54) is 0 Å². The fourth-order valence-corrected chi connectivity index (χ4v) is 4.45. The average molecular weight is 469 g/mol. The van der Waals surface area contributed by atoms with E-state index in [2.05, 4.69) is 15.6 Å². The number of aromatic nitrogens is 1. The third-order valence-electron chi connectivity index (χ3n) is 5.74. The Morgan fingerprint density at radius 3 is 2.70 bits per heavy atom. The largest absolute Gasteiger partial charge is 0.340 e. The van der Waals surface area contributed by atoms with E-state index >= 15 is 0 Å². The third-order valence-corrected chi connectivity index (χ3v) is 6.38. The van der Waals surface area contributed by atoms with Gasteiger partial charge < -0.3 is 15.5 Å². The number of likely N-dealkylation sites (tertiary alicyclic amines) is 1. The summed E-state index contributed by atoms with van der Waals surface area (Å²) in [5.41, 5.74) is 2.36. The minimum Gasteiger partial charge on any atom is -0.340 e. The van der Waals surface area contributed by atoms with Crippen LogP contribution in [-0.4, -0.2) is 58.7 Å². The number of nitrogens with zero attached hydrogens (tertiary/aromatic N) is 2. The number of carbonyl (C=O) groups is 3. The summed E-state index contributed by atoms with van der Waals surface area (Å²) in [5.74, 6) is 0.452. The van der Waals surface area contributed by atoms with E-state index in [0.29, 0.717) is 37.3 Å². The second-order valence-corrected chi connectivity index (χ2v) is 9.44. The van der Waals surface area contributed by atoms with Crippen molar-refractivity contribution in [2.24, 2.45) is 5.92 Å². The molecular weight excluding hydrogens is 436 g/mol. The molecule has 1 saturated heterocycles. The Morgan fingerprint density at radius 1 is 1.18 bits per heavy atom. The summed E-state index contributed by atoms with van der Waals surface area (Å²) < 4.78 is 0. The summed E-state index contributed by atoms with van der Waals surface area (Å²) in [5, 5.41) is 5.80. The molecule has 7 nitrogen and oxygen atoms in total. The number of hydrogen-bond acceptors (Lipinski definition) is 5. The first-order valence-corrected chi connectivity index (χ1v) is 12.7. The van der Waals surface area contributed by atoms with Crippen LogP contribution < -0.4 is 10.6 Å². The Morgan fingerprint density at radius 2 is 1.97 bits per heavy atom. The number of amides is 3. The molecule has 176 valence electrons. The van der Waals surface area contributed by atoms with Crippen LogP contribution in [0.15, 0.2) is 42.5 Å². The quantitative estimate of drug-likeness (QED) is 0.619. The lowest BCUT2D eigenvalue weighted by molar-refractivity contribution is -0.136. The monoisotopic (exact) mass is 468 g/mol. The normalized spacial score (nSPS) is 16.7. The van der Waals surface area contributed by atoms with Crippen LogP contribution in [0.25, 0.3) is 0 Å². The molecule has 1 aromatic carbocycles. The third kappa shape index (κ3) is 7.05. The number of carbonyl (C=O) groups excluding carboxylic acids is 3. The molecule has 1 aromatic heterocycles. The predicted molar refractivity (Wildman–Crippen MR) is 132 cm³/mol. The van der Waals surface area contributed by atoms with Crippen LogP contribution in [0.1, 0.15) is 40.9 Å². The topological polar surface area (TPSA) is 91.4 Å². The van der Waals surface area contributed by atoms with Gasteiger partial charge in [-0.1, -0.05) is 23.8 Å². The second kappa shape index (κ2) is 11.8. The highest BCUT2D eigenvalue weighted by atomic mass is 32.2. The summed E-state index contributed by atoms with van der Waals surface area (Å²) in [6.45, 7) is 4.72. The van der Waals surface area contributed by atoms with E-state index in [1.54, 1.807) is 28.8 Å². The Labute approximate surface area is 199 Å². The van der Waals surface area contributed by atoms with Crippen LogP contribution in [0.3, 0.4) is 0 Å². The molecule has 33 heavy (non-hydrogen) atoms. The smallest absolute Gasteiger partial charge is 0.251 e. The van der Waals surface area contributed by atoms with E-state index in [-0.39, 0.29) is 23.6 Å². The number of pyridine rings is 1. The van der Waals surface area contributed by atoms with Gasteiger partial charge in [0.05, 0.1) is 5.92 Å². The van der Waals surface area contributed by atoms with E-state index in [4.69, 9.17) is 0 Å². The second-order valence-electron chi connectivity index (χ2n) is 8.45. The van der Waals surface area contributed by atoms with E-state index in [9.17, 15) is 14.4 Å². The van der Waals surface area contributed by atoms with Gasteiger partial charge in [0.15, 0.2) is 0 Å². The highest BCUT2D eigenvalue weighted by molar-refractivity contribution is 7.98. The van der Waals surface area contributed by atoms with Crippen molar-refractivity contribution in [3.8, 4) is 0 Å². The highest BCUT2D eigenvalue weighted by Gasteiger charge is 2.32. The van der Waals surface area contributed by atoms with Crippen molar-refractivity contribution in [3.05, 3.63) is 59.3 Å². The van der Waals surface area contributed by atoms with Gasteiger partial charge in [0.1, 0.15) is 11.9 Å². The predicted octanol–water partition coefficient (Wildman–Crippen LogP) is 3.43. The first-order valence-electron chi connectivity index (χ1n) is 11.3. The van der Waals surface area contributed by atoms with Gasteiger partial charge in [0.25, 0.3) is 5.91 Å². The molecular formula is C25H32N4O3S. The fourth-order valence-electron chi connectivity index (χ4n) is 3.97. The van der Waals surface area contributed by atoms with Crippen molar-refractivity contribution >= 4 is 35.3 Å². The molecule has 8 heteroatoms. The zero-order chi connectivity index (χ0) is 23.8. The number of piperidine rings is 1. The first-order chi connectivity index (χ1) is 15.9. The van der Waals surface area contributed by atoms with Gasteiger partial charge in [-0.15, -0.1) is 0 Å². The standard InChI is InChI=1S/C25H32N4O3S/c1-17-7-4-9-19(15-17)23(30)27-21(12-14-33-3)25(32)29-13-6-10-20(16-29)24(31)28-22-11-5-8-18(2)26-22/h4-5,7-9,11,15,20-21H,6,10,12-14,16H2,1-3H3,(H,27,30)(H,26,28,31). The van der Waals surface area contributed by atoms with Crippen molar-refractivity contribution in [2.75, 3.05) is 30.4 Å². The number of benzene rings is 1. The van der Waals surface area contributed by atoms with Crippen molar-refractivity contribution in [1.82, 2.24) is 15.2 Å². The SMILES string of the molecule is CSCCC(NC(=O)c1cccc(C)c1)C(=O)N1CCCC(C(=O)Nc2cccc(C)n2)C1. The highest BCUT2D eigenvalue weighted by Crippen LogP contribution is 2.20. The number of hydrogen-bond donors (Lipinski definition) is 2. The molecule has 1 aliphatic rings. The summed E-state index contributed by atoms with van der Waals surface area (Å²) in [4.78, 5) is 45.0. The Balaban J connectivity index is 1.66. The molecule has 0 bridgehead atoms. The molecule has 2 aromatic rings. The molecule has 3 rings (SSSR count). The van der Waals surface area contributed by atoms with Crippen LogP contribution >= 0.6 is 11.8 Å². The molecule has 3 amide bonds. The fraction of sp³-hybridized carbons (Fsp3) is 0.440. The molecule has 2 atom stereocenters.